The molecule has 6 heteroatoms. The van der Waals surface area contributed by atoms with Crippen molar-refractivity contribution in [2.24, 2.45) is 10.7 Å². The van der Waals surface area contributed by atoms with Crippen LogP contribution in [0, 0.1) is 7.11 Å². The molecule has 0 bridgehead atoms. The van der Waals surface area contributed by atoms with E-state index in [4.69, 9.17) is 10.8 Å². The van der Waals surface area contributed by atoms with E-state index in [1.807, 2.05) is 0 Å². The van der Waals surface area contributed by atoms with Crippen LogP contribution < -0.4 is 5.73 Å². The zero-order valence-corrected chi connectivity index (χ0v) is 8.55. The fourth-order valence-corrected chi connectivity index (χ4v) is 0.554. The first-order valence-electron chi connectivity index (χ1n) is 3.12. The molecule has 0 aromatic heterocycles. The third-order valence-corrected chi connectivity index (χ3v) is 1.37. The first-order valence-corrected chi connectivity index (χ1v) is 4.63. The number of hydrogen-bond donors (Lipinski definition) is 2. The SMILES string of the molecule is [CH2-]O.[CH2]=[Mn]=[CH]COC(=O)C(N)=NC. The van der Waals surface area contributed by atoms with Gasteiger partial charge in [-0.25, -0.2) is 7.11 Å². The predicted octanol–water partition coefficient (Wildman–Crippen LogP) is -1.02. The van der Waals surface area contributed by atoms with E-state index in [1.165, 1.54) is 7.05 Å². The van der Waals surface area contributed by atoms with Gasteiger partial charge in [-0.1, -0.05) is 0 Å². The average Bonchev–Trinajstić information content (AvgIpc) is 2.20. The Morgan fingerprint density at radius 1 is 1.85 bits per heavy atom. The molecular weight excluding hydrogens is 215 g/mol. The summed E-state index contributed by atoms with van der Waals surface area (Å²) in [5.41, 5.74) is 8.72. The van der Waals surface area contributed by atoms with Gasteiger partial charge < -0.3 is 5.11 Å². The van der Waals surface area contributed by atoms with Crippen LogP contribution in [0.1, 0.15) is 0 Å². The van der Waals surface area contributed by atoms with Crippen molar-refractivity contribution in [2.75, 3.05) is 13.7 Å². The van der Waals surface area contributed by atoms with Crippen molar-refractivity contribution < 1.29 is 28.7 Å². The molecule has 0 aliphatic heterocycles. The number of aliphatic hydroxyl groups is 1. The van der Waals surface area contributed by atoms with Crippen LogP contribution in [0.4, 0.5) is 0 Å². The first kappa shape index (κ1) is 14.7. The van der Waals surface area contributed by atoms with E-state index < -0.39 is 5.97 Å². The maximum atomic E-state index is 10.7. The summed E-state index contributed by atoms with van der Waals surface area (Å²) in [6.45, 7) is 0.249. The number of carbonyl (C=O) groups is 1. The van der Waals surface area contributed by atoms with Crippen LogP contribution in [0.3, 0.4) is 0 Å². The molecule has 0 saturated carbocycles. The van der Waals surface area contributed by atoms with E-state index in [0.717, 1.165) is 0 Å². The van der Waals surface area contributed by atoms with E-state index in [1.54, 1.807) is 4.92 Å². The molecule has 0 aromatic carbocycles. The van der Waals surface area contributed by atoms with Crippen molar-refractivity contribution in [2.45, 2.75) is 0 Å². The molecule has 77 valence electrons. The van der Waals surface area contributed by atoms with Crippen molar-refractivity contribution in [3.63, 3.8) is 0 Å². The van der Waals surface area contributed by atoms with Gasteiger partial charge in [-0.05, 0) is 0 Å². The molecule has 0 rings (SSSR count). The summed E-state index contributed by atoms with van der Waals surface area (Å²) < 4.78 is 4.65. The zero-order valence-electron chi connectivity index (χ0n) is 7.36. The molecule has 0 heterocycles. The van der Waals surface area contributed by atoms with Crippen molar-refractivity contribution in [1.82, 2.24) is 0 Å². The third kappa shape index (κ3) is 9.07. The van der Waals surface area contributed by atoms with Crippen LogP contribution in [0.15, 0.2) is 4.99 Å². The van der Waals surface area contributed by atoms with Crippen molar-refractivity contribution >= 4 is 22.1 Å². The van der Waals surface area contributed by atoms with Gasteiger partial charge in [0.25, 0.3) is 0 Å². The molecule has 0 radical (unpaired) electrons. The van der Waals surface area contributed by atoms with Gasteiger partial charge in [0, 0.05) is 0 Å². The number of aliphatic hydroxyl groups excluding tert-OH is 1. The van der Waals surface area contributed by atoms with Crippen LogP contribution in [0.5, 0.6) is 0 Å². The Labute approximate surface area is 82.8 Å². The minimum atomic E-state index is -0.581. The average molecular weight is 228 g/mol. The Morgan fingerprint density at radius 3 is 2.77 bits per heavy atom. The molecule has 0 saturated heterocycles. The second-order valence-electron chi connectivity index (χ2n) is 1.52. The van der Waals surface area contributed by atoms with Gasteiger partial charge in [0.1, 0.15) is 0 Å². The van der Waals surface area contributed by atoms with E-state index in [0.29, 0.717) is 14.1 Å². The Kier molecular flexibility index (Phi) is 12.6. The van der Waals surface area contributed by atoms with Crippen LogP contribution in [0.2, 0.25) is 0 Å². The van der Waals surface area contributed by atoms with Gasteiger partial charge in [0.2, 0.25) is 0 Å². The van der Waals surface area contributed by atoms with Crippen molar-refractivity contribution in [3.8, 4) is 0 Å². The number of nitrogens with zero attached hydrogens (tertiary/aromatic N) is 1. The Balaban J connectivity index is 0. The van der Waals surface area contributed by atoms with E-state index in [9.17, 15) is 4.79 Å². The van der Waals surface area contributed by atoms with Gasteiger partial charge in [-0.2, -0.15) is 0 Å². The number of hydrogen-bond acceptors (Lipinski definition) is 4. The molecule has 5 nitrogen and oxygen atoms in total. The number of nitrogens with two attached hydrogens (primary N) is 1. The summed E-state index contributed by atoms with van der Waals surface area (Å²) in [5, 5.41) is 6.75. The number of rotatable bonds is 2. The van der Waals surface area contributed by atoms with Crippen LogP contribution >= 0.6 is 0 Å². The van der Waals surface area contributed by atoms with Gasteiger partial charge in [-0.15, -0.1) is 0 Å². The molecule has 0 atom stereocenters. The minimum absolute atomic E-state index is 0.105. The second-order valence-corrected chi connectivity index (χ2v) is 2.48. The summed E-state index contributed by atoms with van der Waals surface area (Å²) in [6.07, 6.45) is 0. The molecule has 0 amide bonds. The fraction of sp³-hybridized carbons (Fsp3) is 0.286. The number of esters is 1. The number of ether oxygens (including phenoxy) is 1. The monoisotopic (exact) mass is 228 g/mol. The number of carbonyl (C=O) groups excluding carboxylic acids is 1. The van der Waals surface area contributed by atoms with Gasteiger partial charge in [-0.3, -0.25) is 0 Å². The third-order valence-electron chi connectivity index (χ3n) is 0.837. The van der Waals surface area contributed by atoms with Crippen LogP contribution in [-0.2, 0) is 23.6 Å². The summed E-state index contributed by atoms with van der Waals surface area (Å²) in [4.78, 5) is 15.9. The predicted molar refractivity (Wildman–Crippen MR) is 49.0 cm³/mol. The summed E-state index contributed by atoms with van der Waals surface area (Å²) >= 11 is 0.393. The standard InChI is InChI=1S/C5H8N2O2.CH3O.CH2.Mn/c1-3-9-5(8)4(6)7-2;1-2;;/h1H,3H2,2H3,(H2,6,7);2H,1H2;1H2;/q;-1;;. The maximum absolute atomic E-state index is 10.7. The molecule has 0 fully saturated rings. The molecule has 0 spiro atoms. The number of amidine groups is 1. The van der Waals surface area contributed by atoms with Gasteiger partial charge in [0.05, 0.1) is 0 Å². The van der Waals surface area contributed by atoms with E-state index in [-0.39, 0.29) is 12.4 Å². The summed E-state index contributed by atoms with van der Waals surface area (Å²) in [7, 11) is 3.68. The van der Waals surface area contributed by atoms with Crippen molar-refractivity contribution in [1.29, 1.82) is 0 Å². The summed E-state index contributed by atoms with van der Waals surface area (Å²) in [6, 6.07) is 0. The van der Waals surface area contributed by atoms with Crippen LogP contribution in [0.25, 0.3) is 0 Å². The van der Waals surface area contributed by atoms with E-state index >= 15 is 0 Å². The first-order chi connectivity index (χ1) is 6.22. The Hall–Kier alpha value is -0.841. The zero-order chi connectivity index (χ0) is 10.7. The molecule has 3 N–H and O–H groups in total. The topological polar surface area (TPSA) is 84.9 Å². The molecule has 0 aliphatic carbocycles. The second kappa shape index (κ2) is 11.2. The summed E-state index contributed by atoms with van der Waals surface area (Å²) in [5.74, 6) is -0.686. The molecule has 0 unspecified atom stereocenters. The molecule has 13 heavy (non-hydrogen) atoms. The Bertz CT molecular complexity index is 222. The quantitative estimate of drug-likeness (QED) is 0.208. The number of aliphatic imine (C=N–C) groups is 1. The molecular formula is C7H13MnN2O3-. The fourth-order valence-electron chi connectivity index (χ4n) is 0.317. The van der Waals surface area contributed by atoms with Gasteiger partial charge in [0.15, 0.2) is 0 Å². The molecule has 0 aliphatic rings. The normalized spacial score (nSPS) is 9.31. The van der Waals surface area contributed by atoms with Crippen LogP contribution in [-0.4, -0.2) is 40.9 Å². The Morgan fingerprint density at radius 2 is 2.38 bits per heavy atom. The molecule has 0 aromatic rings. The van der Waals surface area contributed by atoms with E-state index in [2.05, 4.69) is 22.3 Å². The van der Waals surface area contributed by atoms with Crippen molar-refractivity contribution in [3.05, 3.63) is 7.11 Å². The van der Waals surface area contributed by atoms with Gasteiger partial charge >= 0.3 is 70.1 Å².